The van der Waals surface area contributed by atoms with Gasteiger partial charge in [0.05, 0.1) is 6.61 Å². The van der Waals surface area contributed by atoms with Gasteiger partial charge in [-0.25, -0.2) is 13.7 Å². The maximum absolute atomic E-state index is 12.0. The minimum absolute atomic E-state index is 0.0686. The van der Waals surface area contributed by atoms with Crippen LogP contribution in [0.15, 0.2) is 0 Å². The summed E-state index contributed by atoms with van der Waals surface area (Å²) >= 11 is 0. The van der Waals surface area contributed by atoms with Gasteiger partial charge in [0.1, 0.15) is 36.6 Å². The molecule has 1 rings (SSSR count). The fraction of sp³-hybridized carbons (Fsp3) is 1.00. The van der Waals surface area contributed by atoms with E-state index < -0.39 is 66.7 Å². The highest BCUT2D eigenvalue weighted by Gasteiger charge is 2.56. The molecule has 0 aliphatic heterocycles. The van der Waals surface area contributed by atoms with Crippen molar-refractivity contribution in [1.82, 2.24) is 0 Å². The van der Waals surface area contributed by atoms with Crippen molar-refractivity contribution in [3.8, 4) is 0 Å². The molecule has 0 heterocycles. The van der Waals surface area contributed by atoms with Crippen molar-refractivity contribution in [2.45, 2.75) is 43.0 Å². The van der Waals surface area contributed by atoms with Crippen LogP contribution in [-0.4, -0.2) is 89.6 Å². The van der Waals surface area contributed by atoms with Crippen molar-refractivity contribution >= 4 is 23.5 Å². The number of aliphatic hydroxyl groups is 3. The lowest BCUT2D eigenvalue weighted by Gasteiger charge is -2.44. The number of nitrogens with two attached hydrogens (primary N) is 1. The van der Waals surface area contributed by atoms with Crippen LogP contribution >= 0.6 is 23.5 Å². The first kappa shape index (κ1) is 26.2. The molecule has 0 spiro atoms. The molecule has 0 radical (unpaired) electrons. The number of aliphatic hydroxyl groups excluding tert-OH is 3. The first-order valence-electron chi connectivity index (χ1n) is 7.46. The van der Waals surface area contributed by atoms with Gasteiger partial charge in [-0.05, 0) is 13.0 Å². The third-order valence-electron chi connectivity index (χ3n) is 3.40. The third-order valence-corrected chi connectivity index (χ3v) is 5.45. The molecule has 19 heteroatoms. The number of rotatable bonds is 10. The van der Waals surface area contributed by atoms with E-state index in [1.807, 2.05) is 0 Å². The van der Waals surface area contributed by atoms with Crippen LogP contribution in [0.5, 0.6) is 0 Å². The van der Waals surface area contributed by atoms with E-state index in [0.717, 1.165) is 0 Å². The second-order valence-corrected chi connectivity index (χ2v) is 9.40. The highest BCUT2D eigenvalue weighted by molar-refractivity contribution is 7.47. The molecule has 0 aromatic carbocycles. The van der Waals surface area contributed by atoms with E-state index >= 15 is 0 Å². The zero-order valence-corrected chi connectivity index (χ0v) is 16.6. The van der Waals surface area contributed by atoms with E-state index in [2.05, 4.69) is 18.1 Å². The van der Waals surface area contributed by atoms with Crippen LogP contribution in [0.25, 0.3) is 0 Å². The molecule has 0 amide bonds. The Kier molecular flexibility index (Phi) is 9.34. The Bertz CT molecular complexity index is 649. The lowest BCUT2D eigenvalue weighted by atomic mass is 9.85. The van der Waals surface area contributed by atoms with Crippen LogP contribution in [0, 0.1) is 0 Å². The van der Waals surface area contributed by atoms with Gasteiger partial charge in [-0.2, -0.15) is 0 Å². The van der Waals surface area contributed by atoms with Gasteiger partial charge in [-0.15, -0.1) is 0 Å². The van der Waals surface area contributed by atoms with Gasteiger partial charge in [0.2, 0.25) is 0 Å². The van der Waals surface area contributed by atoms with Crippen LogP contribution in [0.4, 0.5) is 0 Å². The summed E-state index contributed by atoms with van der Waals surface area (Å²) in [5, 5.41) is 29.7. The molecule has 1 unspecified atom stereocenters. The fourth-order valence-electron chi connectivity index (χ4n) is 2.30. The van der Waals surface area contributed by atoms with E-state index in [1.165, 1.54) is 0 Å². The van der Waals surface area contributed by atoms with E-state index in [1.54, 1.807) is 0 Å². The van der Waals surface area contributed by atoms with Gasteiger partial charge in [-0.3, -0.25) is 18.1 Å². The Labute approximate surface area is 157 Å². The van der Waals surface area contributed by atoms with E-state index in [4.69, 9.17) is 25.3 Å². The lowest BCUT2D eigenvalue weighted by molar-refractivity contribution is -0.213. The van der Waals surface area contributed by atoms with E-state index in [-0.39, 0.29) is 13.0 Å². The molecule has 10 N–H and O–H groups in total. The maximum atomic E-state index is 12.0. The SMILES string of the molecule is NCCCOP(=O)(O)O[C@H]1[C@@H](O)[C@@H](O)[C@@H](O)[C@H](OP(=O)(O)O)[C@@H]1OP(=O)(O)O. The molecule has 1 saturated carbocycles. The summed E-state index contributed by atoms with van der Waals surface area (Å²) in [5.74, 6) is 0. The summed E-state index contributed by atoms with van der Waals surface area (Å²) in [6, 6.07) is 0. The lowest BCUT2D eigenvalue weighted by Crippen LogP contribution is -2.65. The highest BCUT2D eigenvalue weighted by atomic mass is 31.2. The molecule has 1 aliphatic carbocycles. The van der Waals surface area contributed by atoms with Gasteiger partial charge in [-0.1, -0.05) is 0 Å². The van der Waals surface area contributed by atoms with Crippen LogP contribution < -0.4 is 5.73 Å². The molecule has 7 atom stereocenters. The zero-order valence-electron chi connectivity index (χ0n) is 13.9. The highest BCUT2D eigenvalue weighted by Crippen LogP contribution is 2.51. The average Bonchev–Trinajstić information content (AvgIpc) is 2.51. The predicted molar refractivity (Wildman–Crippen MR) is 86.2 cm³/mol. The van der Waals surface area contributed by atoms with Gasteiger partial charge in [0.25, 0.3) is 0 Å². The minimum Gasteiger partial charge on any atom is -0.387 e. The molecule has 1 aliphatic rings. The van der Waals surface area contributed by atoms with Crippen molar-refractivity contribution in [2.75, 3.05) is 13.2 Å². The Morgan fingerprint density at radius 2 is 1.14 bits per heavy atom. The standard InChI is InChI=1S/C9H22NO15P3/c10-2-1-3-22-28(20,21)25-8-6(13)4(11)5(12)7(23-26(14,15)16)9(8)24-27(17,18)19/h4-9,11-13H,1-3,10H2,(H,20,21)(H2,14,15,16)(H2,17,18,19)/t4-,5+,6-,7-,8-,9-/m0/s1. The van der Waals surface area contributed by atoms with Gasteiger partial charge in [0, 0.05) is 0 Å². The third kappa shape index (κ3) is 8.13. The monoisotopic (exact) mass is 477 g/mol. The van der Waals surface area contributed by atoms with E-state index in [9.17, 15) is 33.9 Å². The Morgan fingerprint density at radius 3 is 1.57 bits per heavy atom. The van der Waals surface area contributed by atoms with Crippen LogP contribution in [0.1, 0.15) is 6.42 Å². The summed E-state index contributed by atoms with van der Waals surface area (Å²) in [7, 11) is -16.0. The molecule has 0 bridgehead atoms. The summed E-state index contributed by atoms with van der Waals surface area (Å²) in [4.78, 5) is 45.5. The number of phosphoric acid groups is 3. The van der Waals surface area contributed by atoms with Crippen molar-refractivity contribution in [3.63, 3.8) is 0 Å². The molecule has 0 saturated heterocycles. The molecular weight excluding hydrogens is 455 g/mol. The Morgan fingerprint density at radius 1 is 0.714 bits per heavy atom. The molecule has 168 valence electrons. The van der Waals surface area contributed by atoms with Gasteiger partial charge >= 0.3 is 23.5 Å². The van der Waals surface area contributed by atoms with E-state index in [0.29, 0.717) is 0 Å². The molecule has 0 aromatic rings. The van der Waals surface area contributed by atoms with Crippen LogP contribution in [-0.2, 0) is 31.8 Å². The quantitative estimate of drug-likeness (QED) is 0.111. The largest absolute Gasteiger partial charge is 0.472 e. The van der Waals surface area contributed by atoms with Crippen molar-refractivity contribution in [3.05, 3.63) is 0 Å². The molecule has 16 nitrogen and oxygen atoms in total. The average molecular weight is 477 g/mol. The Balaban J connectivity index is 3.24. The van der Waals surface area contributed by atoms with Crippen molar-refractivity contribution < 1.29 is 71.6 Å². The first-order valence-corrected chi connectivity index (χ1v) is 12.0. The van der Waals surface area contributed by atoms with Crippen molar-refractivity contribution in [2.24, 2.45) is 5.73 Å². The fourth-order valence-corrected chi connectivity index (χ4v) is 4.39. The predicted octanol–water partition coefficient (Wildman–Crippen LogP) is -3.11. The smallest absolute Gasteiger partial charge is 0.387 e. The number of hydrogen-bond donors (Lipinski definition) is 9. The normalized spacial score (nSPS) is 34.2. The zero-order chi connectivity index (χ0) is 21.9. The molecule has 0 aromatic heterocycles. The Hall–Kier alpha value is 0.170. The number of phosphoric ester groups is 3. The van der Waals surface area contributed by atoms with Crippen LogP contribution in [0.3, 0.4) is 0 Å². The van der Waals surface area contributed by atoms with Crippen molar-refractivity contribution in [1.29, 1.82) is 0 Å². The topological polar surface area (TPSA) is 276 Å². The van der Waals surface area contributed by atoms with Gasteiger partial charge < -0.3 is 45.5 Å². The summed E-state index contributed by atoms with van der Waals surface area (Å²) < 4.78 is 51.8. The summed E-state index contributed by atoms with van der Waals surface area (Å²) in [6.07, 6.45) is -13.9. The first-order chi connectivity index (χ1) is 12.6. The molecular formula is C9H22NO15P3. The number of hydrogen-bond acceptors (Lipinski definition) is 11. The molecule has 28 heavy (non-hydrogen) atoms. The second-order valence-electron chi connectivity index (χ2n) is 5.61. The second kappa shape index (κ2) is 9.98. The summed E-state index contributed by atoms with van der Waals surface area (Å²) in [5.41, 5.74) is 5.18. The molecule has 1 fully saturated rings. The summed E-state index contributed by atoms with van der Waals surface area (Å²) in [6.45, 7) is -0.330. The minimum atomic E-state index is -5.48. The van der Waals surface area contributed by atoms with Gasteiger partial charge in [0.15, 0.2) is 0 Å². The van der Waals surface area contributed by atoms with Crippen LogP contribution in [0.2, 0.25) is 0 Å². The maximum Gasteiger partial charge on any atom is 0.472 e.